The first kappa shape index (κ1) is 38.6. The molecule has 288 valence electrons. The molecule has 0 spiro atoms. The summed E-state index contributed by atoms with van der Waals surface area (Å²) < 4.78 is 23.6. The van der Waals surface area contributed by atoms with Crippen molar-refractivity contribution in [2.75, 3.05) is 20.3 Å². The van der Waals surface area contributed by atoms with Crippen LogP contribution in [-0.2, 0) is 25.5 Å². The fourth-order valence-electron chi connectivity index (χ4n) is 6.64. The number of nitrogens with zero attached hydrogens (tertiary/aromatic N) is 2. The minimum Gasteiger partial charge on any atom is -0.497 e. The van der Waals surface area contributed by atoms with Crippen LogP contribution in [0.5, 0.6) is 17.2 Å². The minimum absolute atomic E-state index is 0.0225. The number of aliphatic carboxylic acids is 1. The summed E-state index contributed by atoms with van der Waals surface area (Å²) in [6.45, 7) is 5.44. The van der Waals surface area contributed by atoms with E-state index < -0.39 is 53.7 Å². The minimum atomic E-state index is -1.25. The molecule has 3 N–H and O–H groups in total. The zero-order valence-electron chi connectivity index (χ0n) is 31.3. The van der Waals surface area contributed by atoms with E-state index in [-0.39, 0.29) is 25.8 Å². The van der Waals surface area contributed by atoms with Crippen molar-refractivity contribution in [3.8, 4) is 28.5 Å². The van der Waals surface area contributed by atoms with Crippen molar-refractivity contribution in [1.82, 2.24) is 20.5 Å². The number of ether oxygens (including phenoxy) is 4. The number of carbonyl (C=O) groups is 4. The molecule has 4 aromatic rings. The van der Waals surface area contributed by atoms with E-state index in [9.17, 15) is 24.3 Å². The number of carboxylic acid groups (broad SMARTS) is 1. The number of alkyl carbamates (subject to hydrolysis) is 1. The average molecular weight is 751 g/mol. The molecule has 2 aliphatic rings. The number of hydrogen-bond donors (Lipinski definition) is 3. The van der Waals surface area contributed by atoms with E-state index in [1.165, 1.54) is 4.90 Å². The molecule has 0 radical (unpaired) electrons. The highest BCUT2D eigenvalue weighted by molar-refractivity contribution is 5.94. The van der Waals surface area contributed by atoms with Gasteiger partial charge in [-0.05, 0) is 63.4 Å². The second-order valence-electron chi connectivity index (χ2n) is 14.5. The predicted octanol–water partition coefficient (Wildman–Crippen LogP) is 5.69. The average Bonchev–Trinajstić information content (AvgIpc) is 3.58. The molecule has 6 rings (SSSR count). The molecule has 1 aromatic heterocycles. The predicted molar refractivity (Wildman–Crippen MR) is 205 cm³/mol. The number of rotatable bonds is 6. The van der Waals surface area contributed by atoms with Gasteiger partial charge >= 0.3 is 12.1 Å². The molecule has 0 saturated carbocycles. The zero-order chi connectivity index (χ0) is 39.1. The van der Waals surface area contributed by atoms with Gasteiger partial charge in [-0.2, -0.15) is 0 Å². The first-order valence-corrected chi connectivity index (χ1v) is 18.3. The number of carboxylic acids is 1. The summed E-state index contributed by atoms with van der Waals surface area (Å²) in [6, 6.07) is 20.5. The van der Waals surface area contributed by atoms with Crippen molar-refractivity contribution < 1.29 is 43.2 Å². The standard InChI is InChI=1S/C42H46N4O9/c1-42(2,3)55-41(51)45-35-21-26-12-11-15-29(20-26)53-19-10-6-9-16-32(40(49)50)44-38(47)36-23-30(25-46(36)39(35)48)54-37-24-33(27-13-7-5-8-14-27)43-34-22-28(52-4)17-18-31(34)37/h5-9,11-15,17-18,20,22,24,30,32,35-36H,10,16,19,21,23,25H2,1-4H3,(H,44,47)(H,45,51)(H,49,50)/b9-6-/t30-,32-,35-,36+/m1/s1. The van der Waals surface area contributed by atoms with Gasteiger partial charge in [0.1, 0.15) is 47.1 Å². The molecule has 0 aliphatic carbocycles. The van der Waals surface area contributed by atoms with E-state index >= 15 is 0 Å². The summed E-state index contributed by atoms with van der Waals surface area (Å²) in [5, 5.41) is 16.1. The van der Waals surface area contributed by atoms with E-state index in [4.69, 9.17) is 23.9 Å². The third-order valence-corrected chi connectivity index (χ3v) is 9.22. The van der Waals surface area contributed by atoms with E-state index in [2.05, 4.69) is 10.6 Å². The van der Waals surface area contributed by atoms with Crippen LogP contribution in [0.3, 0.4) is 0 Å². The maximum Gasteiger partial charge on any atom is 0.408 e. The summed E-state index contributed by atoms with van der Waals surface area (Å²) in [4.78, 5) is 60.5. The lowest BCUT2D eigenvalue weighted by Gasteiger charge is -2.30. The number of methoxy groups -OCH3 is 1. The number of fused-ring (bicyclic) bond motifs is 4. The molecule has 4 atom stereocenters. The molecule has 1 saturated heterocycles. The van der Waals surface area contributed by atoms with Gasteiger partial charge in [-0.25, -0.2) is 14.6 Å². The topological polar surface area (TPSA) is 166 Å². The molecular weight excluding hydrogens is 704 g/mol. The van der Waals surface area contributed by atoms with Crippen LogP contribution in [0, 0.1) is 0 Å². The largest absolute Gasteiger partial charge is 0.497 e. The van der Waals surface area contributed by atoms with E-state index in [1.807, 2.05) is 54.6 Å². The SMILES string of the molecule is COc1ccc2c(O[C@@H]3C[C@H]4C(=O)N[C@@H](C(=O)O)C/C=C\CCOc5cccc(c5)C[C@@H](NC(=O)OC(C)(C)C)C(=O)N4C3)cc(-c3ccccc3)nc2c1. The lowest BCUT2D eigenvalue weighted by molar-refractivity contribution is -0.144. The first-order valence-electron chi connectivity index (χ1n) is 18.3. The van der Waals surface area contributed by atoms with Crippen LogP contribution in [0.15, 0.2) is 91.0 Å². The molecule has 3 amide bonds. The van der Waals surface area contributed by atoms with Gasteiger partial charge in [0, 0.05) is 35.9 Å². The van der Waals surface area contributed by atoms with Gasteiger partial charge in [-0.1, -0.05) is 54.6 Å². The van der Waals surface area contributed by atoms with Crippen molar-refractivity contribution in [3.63, 3.8) is 0 Å². The molecular formula is C42H46N4O9. The molecule has 13 heteroatoms. The summed E-state index contributed by atoms with van der Waals surface area (Å²) >= 11 is 0. The highest BCUT2D eigenvalue weighted by Crippen LogP contribution is 2.35. The maximum atomic E-state index is 14.7. The van der Waals surface area contributed by atoms with Crippen LogP contribution >= 0.6 is 0 Å². The van der Waals surface area contributed by atoms with Gasteiger partial charge in [0.2, 0.25) is 11.8 Å². The molecule has 3 aromatic carbocycles. The smallest absolute Gasteiger partial charge is 0.408 e. The number of pyridine rings is 1. The van der Waals surface area contributed by atoms with Gasteiger partial charge in [0.05, 0.1) is 31.5 Å². The van der Waals surface area contributed by atoms with Crippen LogP contribution in [0.4, 0.5) is 4.79 Å². The number of amides is 3. The Morgan fingerprint density at radius 2 is 1.80 bits per heavy atom. The highest BCUT2D eigenvalue weighted by Gasteiger charge is 2.44. The van der Waals surface area contributed by atoms with E-state index in [1.54, 1.807) is 64.3 Å². The van der Waals surface area contributed by atoms with Gasteiger partial charge < -0.3 is 39.6 Å². The second kappa shape index (κ2) is 16.9. The Labute approximate surface area is 319 Å². The Kier molecular flexibility index (Phi) is 11.9. The van der Waals surface area contributed by atoms with Crippen LogP contribution in [0.2, 0.25) is 0 Å². The van der Waals surface area contributed by atoms with Crippen LogP contribution in [0.1, 0.15) is 45.6 Å². The number of benzene rings is 3. The van der Waals surface area contributed by atoms with Gasteiger partial charge in [0.15, 0.2) is 0 Å². The molecule has 2 bridgehead atoms. The second-order valence-corrected chi connectivity index (χ2v) is 14.5. The fraction of sp³-hybridized carbons (Fsp3) is 0.357. The van der Waals surface area contributed by atoms with Crippen molar-refractivity contribution in [2.45, 2.75) is 76.3 Å². The maximum absolute atomic E-state index is 14.7. The number of hydrogen-bond acceptors (Lipinski definition) is 9. The Morgan fingerprint density at radius 3 is 2.55 bits per heavy atom. The Bertz CT molecular complexity index is 2060. The molecule has 1 fully saturated rings. The monoisotopic (exact) mass is 750 g/mol. The lowest BCUT2D eigenvalue weighted by Crippen LogP contribution is -2.56. The quantitative estimate of drug-likeness (QED) is 0.209. The van der Waals surface area contributed by atoms with Crippen molar-refractivity contribution in [1.29, 1.82) is 0 Å². The van der Waals surface area contributed by atoms with Gasteiger partial charge in [-0.15, -0.1) is 0 Å². The van der Waals surface area contributed by atoms with Crippen molar-refractivity contribution in [2.24, 2.45) is 0 Å². The lowest BCUT2D eigenvalue weighted by atomic mass is 10.0. The Balaban J connectivity index is 1.38. The van der Waals surface area contributed by atoms with E-state index in [0.29, 0.717) is 52.4 Å². The number of aromatic nitrogens is 1. The number of carbonyl (C=O) groups excluding carboxylic acids is 3. The molecule has 3 heterocycles. The van der Waals surface area contributed by atoms with Gasteiger partial charge in [0.25, 0.3) is 0 Å². The van der Waals surface area contributed by atoms with Gasteiger partial charge in [-0.3, -0.25) is 9.59 Å². The zero-order valence-corrected chi connectivity index (χ0v) is 31.3. The molecule has 0 unspecified atom stereocenters. The third kappa shape index (κ3) is 9.91. The third-order valence-electron chi connectivity index (χ3n) is 9.22. The highest BCUT2D eigenvalue weighted by atomic mass is 16.6. The Morgan fingerprint density at radius 1 is 1.00 bits per heavy atom. The normalized spacial score (nSPS) is 21.3. The van der Waals surface area contributed by atoms with Crippen LogP contribution in [0.25, 0.3) is 22.2 Å². The molecule has 2 aliphatic heterocycles. The van der Waals surface area contributed by atoms with E-state index in [0.717, 1.165) is 5.56 Å². The Hall–Kier alpha value is -6.11. The summed E-state index contributed by atoms with van der Waals surface area (Å²) in [5.41, 5.74) is 1.99. The van der Waals surface area contributed by atoms with Crippen molar-refractivity contribution >= 4 is 34.8 Å². The van der Waals surface area contributed by atoms with Crippen molar-refractivity contribution in [3.05, 3.63) is 96.6 Å². The molecule has 55 heavy (non-hydrogen) atoms. The summed E-state index contributed by atoms with van der Waals surface area (Å²) in [7, 11) is 1.57. The number of nitrogens with one attached hydrogen (secondary N) is 2. The van der Waals surface area contributed by atoms with Crippen LogP contribution < -0.4 is 24.8 Å². The van der Waals surface area contributed by atoms with Crippen LogP contribution in [-0.4, -0.2) is 89.0 Å². The fourth-order valence-corrected chi connectivity index (χ4v) is 6.64. The molecule has 13 nitrogen and oxygen atoms in total. The summed E-state index contributed by atoms with van der Waals surface area (Å²) in [6.07, 6.45) is 2.61. The summed E-state index contributed by atoms with van der Waals surface area (Å²) in [5.74, 6) is -0.769. The first-order chi connectivity index (χ1) is 26.4.